The lowest BCUT2D eigenvalue weighted by molar-refractivity contribution is 0.653. The Bertz CT molecular complexity index is 164. The molecular formula is C20H36. The molecule has 0 spiro atoms. The fraction of sp³-hybridized carbons (Fsp3) is 0.600. The molecule has 0 unspecified atom stereocenters. The quantitative estimate of drug-likeness (QED) is 0.229. The van der Waals surface area contributed by atoms with Gasteiger partial charge in [0.2, 0.25) is 0 Å². The second-order valence-electron chi connectivity index (χ2n) is 5.14. The minimum absolute atomic E-state index is 1.17. The van der Waals surface area contributed by atoms with E-state index in [9.17, 15) is 0 Å². The van der Waals surface area contributed by atoms with Gasteiger partial charge in [-0.1, -0.05) is 50.0 Å². The molecule has 0 amide bonds. The molecule has 0 heteroatoms. The number of rotatable bonds is 14. The van der Waals surface area contributed by atoms with Crippen molar-refractivity contribution in [1.29, 1.82) is 0 Å². The maximum Gasteiger partial charge on any atom is -0.0353 e. The largest absolute Gasteiger partial charge is 0.103 e. The predicted molar refractivity (Wildman–Crippen MR) is 96.2 cm³/mol. The molecule has 0 aliphatic heterocycles. The highest BCUT2D eigenvalue weighted by Crippen LogP contribution is 2.05. The molecule has 0 nitrogen and oxygen atoms in total. The van der Waals surface area contributed by atoms with Gasteiger partial charge in [0.15, 0.2) is 0 Å². The predicted octanol–water partition coefficient (Wildman–Crippen LogP) is 7.40. The molecule has 0 aromatic rings. The van der Waals surface area contributed by atoms with Crippen molar-refractivity contribution in [2.45, 2.75) is 77.0 Å². The van der Waals surface area contributed by atoms with E-state index in [1.54, 1.807) is 0 Å². The van der Waals surface area contributed by atoms with Crippen LogP contribution < -0.4 is 0 Å². The Labute approximate surface area is 128 Å². The highest BCUT2D eigenvalue weighted by Gasteiger charge is 1.86. The summed E-state index contributed by atoms with van der Waals surface area (Å²) in [6.45, 7) is 14.7. The van der Waals surface area contributed by atoms with E-state index >= 15 is 0 Å². The molecule has 0 radical (unpaired) electrons. The summed E-state index contributed by atoms with van der Waals surface area (Å²) in [7, 11) is 0. The number of hydrogen-bond acceptors (Lipinski definition) is 0. The first-order valence-corrected chi connectivity index (χ1v) is 8.27. The van der Waals surface area contributed by atoms with Crippen LogP contribution in [0.15, 0.2) is 50.6 Å². The second-order valence-corrected chi connectivity index (χ2v) is 5.14. The van der Waals surface area contributed by atoms with Crippen molar-refractivity contribution >= 4 is 0 Å². The zero-order chi connectivity index (χ0) is 15.3. The normalized spacial score (nSPS) is 9.20. The van der Waals surface area contributed by atoms with Crippen molar-refractivity contribution in [1.82, 2.24) is 0 Å². The topological polar surface area (TPSA) is 0 Å². The average molecular weight is 277 g/mol. The third kappa shape index (κ3) is 25.7. The van der Waals surface area contributed by atoms with Crippen molar-refractivity contribution in [2.24, 2.45) is 0 Å². The Morgan fingerprint density at radius 3 is 0.700 bits per heavy atom. The lowest BCUT2D eigenvalue weighted by Crippen LogP contribution is -1.75. The molecule has 0 saturated carbocycles. The van der Waals surface area contributed by atoms with Crippen LogP contribution in [0, 0.1) is 0 Å². The Hall–Kier alpha value is -1.04. The summed E-state index contributed by atoms with van der Waals surface area (Å²) in [5.74, 6) is 0. The molecule has 0 bridgehead atoms. The first-order chi connectivity index (χ1) is 9.83. The van der Waals surface area contributed by atoms with E-state index in [4.69, 9.17) is 0 Å². The summed E-state index contributed by atoms with van der Waals surface area (Å²) in [6.07, 6.45) is 23.3. The van der Waals surface area contributed by atoms with Crippen LogP contribution in [0.25, 0.3) is 0 Å². The maximum absolute atomic E-state index is 3.68. The average Bonchev–Trinajstić information content (AvgIpc) is 2.47. The van der Waals surface area contributed by atoms with Crippen molar-refractivity contribution in [3.63, 3.8) is 0 Å². The Kier molecular flexibility index (Phi) is 24.5. The number of allylic oxidation sites excluding steroid dienone is 4. The molecule has 0 fully saturated rings. The molecule has 0 N–H and O–H groups in total. The van der Waals surface area contributed by atoms with Crippen LogP contribution in [0.4, 0.5) is 0 Å². The van der Waals surface area contributed by atoms with Gasteiger partial charge in [-0.2, -0.15) is 0 Å². The first kappa shape index (κ1) is 21.3. The molecule has 0 aromatic heterocycles. The standard InChI is InChI=1S/2C10H18/c2*1-3-5-7-9-10-8-6-4-2/h2*3-4H,1-2,5-10H2. The lowest BCUT2D eigenvalue weighted by Gasteiger charge is -1.95. The molecule has 0 aromatic carbocycles. The summed E-state index contributed by atoms with van der Waals surface area (Å²) in [5.41, 5.74) is 0. The van der Waals surface area contributed by atoms with Crippen LogP contribution in [0.1, 0.15) is 77.0 Å². The van der Waals surface area contributed by atoms with Crippen molar-refractivity contribution in [3.05, 3.63) is 50.6 Å². The molecule has 0 atom stereocenters. The molecule has 0 aliphatic carbocycles. The molecule has 0 aliphatic rings. The first-order valence-electron chi connectivity index (χ1n) is 8.27. The fourth-order valence-corrected chi connectivity index (χ4v) is 1.86. The van der Waals surface area contributed by atoms with Crippen LogP contribution >= 0.6 is 0 Å². The minimum atomic E-state index is 1.17. The van der Waals surface area contributed by atoms with Crippen LogP contribution in [0.2, 0.25) is 0 Å². The van der Waals surface area contributed by atoms with E-state index in [0.29, 0.717) is 0 Å². The van der Waals surface area contributed by atoms with E-state index in [1.165, 1.54) is 77.0 Å². The monoisotopic (exact) mass is 276 g/mol. The van der Waals surface area contributed by atoms with Gasteiger partial charge in [0.05, 0.1) is 0 Å². The zero-order valence-corrected chi connectivity index (χ0v) is 13.6. The summed E-state index contributed by atoms with van der Waals surface area (Å²) in [5, 5.41) is 0. The van der Waals surface area contributed by atoms with E-state index in [1.807, 2.05) is 24.3 Å². The van der Waals surface area contributed by atoms with E-state index in [0.717, 1.165) is 0 Å². The maximum atomic E-state index is 3.68. The van der Waals surface area contributed by atoms with E-state index in [-0.39, 0.29) is 0 Å². The van der Waals surface area contributed by atoms with Crippen molar-refractivity contribution in [2.75, 3.05) is 0 Å². The van der Waals surface area contributed by atoms with Gasteiger partial charge in [-0.3, -0.25) is 0 Å². The van der Waals surface area contributed by atoms with Crippen LogP contribution in [-0.2, 0) is 0 Å². The summed E-state index contributed by atoms with van der Waals surface area (Å²) in [6, 6.07) is 0. The Balaban J connectivity index is 0. The summed E-state index contributed by atoms with van der Waals surface area (Å²) >= 11 is 0. The minimum Gasteiger partial charge on any atom is -0.103 e. The van der Waals surface area contributed by atoms with Crippen LogP contribution in [0.3, 0.4) is 0 Å². The molecule has 0 rings (SSSR count). The fourth-order valence-electron chi connectivity index (χ4n) is 1.86. The highest BCUT2D eigenvalue weighted by molar-refractivity contribution is 4.68. The third-order valence-electron chi connectivity index (χ3n) is 3.13. The zero-order valence-electron chi connectivity index (χ0n) is 13.6. The smallest absolute Gasteiger partial charge is 0.0353 e. The Morgan fingerprint density at radius 1 is 0.350 bits per heavy atom. The summed E-state index contributed by atoms with van der Waals surface area (Å²) in [4.78, 5) is 0. The van der Waals surface area contributed by atoms with Gasteiger partial charge >= 0.3 is 0 Å². The van der Waals surface area contributed by atoms with Gasteiger partial charge in [-0.15, -0.1) is 26.3 Å². The van der Waals surface area contributed by atoms with Gasteiger partial charge < -0.3 is 0 Å². The number of unbranched alkanes of at least 4 members (excludes halogenated alkanes) is 10. The SMILES string of the molecule is C=CCCCCCCC=C.C=CCCCCCCC=C. The van der Waals surface area contributed by atoms with Crippen LogP contribution in [-0.4, -0.2) is 0 Å². The third-order valence-corrected chi connectivity index (χ3v) is 3.13. The van der Waals surface area contributed by atoms with E-state index < -0.39 is 0 Å². The van der Waals surface area contributed by atoms with Crippen LogP contribution in [0.5, 0.6) is 0 Å². The van der Waals surface area contributed by atoms with E-state index in [2.05, 4.69) is 26.3 Å². The molecule has 0 saturated heterocycles. The molecule has 20 heavy (non-hydrogen) atoms. The highest BCUT2D eigenvalue weighted by atomic mass is 13.9. The summed E-state index contributed by atoms with van der Waals surface area (Å²) < 4.78 is 0. The van der Waals surface area contributed by atoms with Crippen molar-refractivity contribution < 1.29 is 0 Å². The second kappa shape index (κ2) is 23.1. The van der Waals surface area contributed by atoms with Gasteiger partial charge in [-0.25, -0.2) is 0 Å². The van der Waals surface area contributed by atoms with Gasteiger partial charge in [0, 0.05) is 0 Å². The Morgan fingerprint density at radius 2 is 0.550 bits per heavy atom. The molecule has 0 heterocycles. The lowest BCUT2D eigenvalue weighted by atomic mass is 10.1. The number of hydrogen-bond donors (Lipinski definition) is 0. The van der Waals surface area contributed by atoms with Gasteiger partial charge in [-0.05, 0) is 51.4 Å². The molecular weight excluding hydrogens is 240 g/mol. The van der Waals surface area contributed by atoms with Crippen molar-refractivity contribution in [3.8, 4) is 0 Å². The molecule has 116 valence electrons. The van der Waals surface area contributed by atoms with Gasteiger partial charge in [0.1, 0.15) is 0 Å². The van der Waals surface area contributed by atoms with Gasteiger partial charge in [0.25, 0.3) is 0 Å².